The highest BCUT2D eigenvalue weighted by atomic mass is 79.9. The number of nitrogens with two attached hydrogens (primary N) is 1. The molecule has 1 fully saturated rings. The standard InChI is InChI=1S/C16H25BrN2O2/c1-3-21-15-7-11(8-15)6-13(19-18)9-12-10-14(20-2)4-5-16(12)17/h4-5,10-11,13,15,19H,3,6-9,18H2,1-2H3. The lowest BCUT2D eigenvalue weighted by Gasteiger charge is -2.37. The number of rotatable bonds is 8. The summed E-state index contributed by atoms with van der Waals surface area (Å²) >= 11 is 3.60. The Bertz CT molecular complexity index is 450. The Kier molecular flexibility index (Phi) is 6.48. The van der Waals surface area contributed by atoms with E-state index in [9.17, 15) is 0 Å². The SMILES string of the molecule is CCOC1CC(CC(Cc2cc(OC)ccc2Br)NN)C1. The van der Waals surface area contributed by atoms with Gasteiger partial charge in [-0.1, -0.05) is 15.9 Å². The number of hydrogen-bond acceptors (Lipinski definition) is 4. The summed E-state index contributed by atoms with van der Waals surface area (Å²) < 4.78 is 12.0. The molecule has 1 aromatic carbocycles. The van der Waals surface area contributed by atoms with Gasteiger partial charge < -0.3 is 9.47 Å². The van der Waals surface area contributed by atoms with Crippen LogP contribution in [0.1, 0.15) is 31.7 Å². The lowest BCUT2D eigenvalue weighted by molar-refractivity contribution is -0.0290. The third kappa shape index (κ3) is 4.68. The summed E-state index contributed by atoms with van der Waals surface area (Å²) in [7, 11) is 1.69. The van der Waals surface area contributed by atoms with Crippen molar-refractivity contribution in [1.82, 2.24) is 5.43 Å². The Morgan fingerprint density at radius 1 is 1.43 bits per heavy atom. The van der Waals surface area contributed by atoms with Crippen molar-refractivity contribution in [2.24, 2.45) is 11.8 Å². The van der Waals surface area contributed by atoms with Crippen molar-refractivity contribution in [2.75, 3.05) is 13.7 Å². The lowest BCUT2D eigenvalue weighted by Crippen LogP contribution is -2.42. The largest absolute Gasteiger partial charge is 0.497 e. The minimum atomic E-state index is 0.279. The molecule has 0 aromatic heterocycles. The quantitative estimate of drug-likeness (QED) is 0.555. The van der Waals surface area contributed by atoms with Crippen molar-refractivity contribution in [3.8, 4) is 5.75 Å². The Labute approximate surface area is 135 Å². The van der Waals surface area contributed by atoms with Crippen LogP contribution in [0.5, 0.6) is 5.75 Å². The van der Waals surface area contributed by atoms with E-state index in [1.165, 1.54) is 5.56 Å². The van der Waals surface area contributed by atoms with Crippen molar-refractivity contribution in [3.63, 3.8) is 0 Å². The highest BCUT2D eigenvalue weighted by Crippen LogP contribution is 2.34. The third-order valence-electron chi connectivity index (χ3n) is 4.17. The maximum atomic E-state index is 5.73. The van der Waals surface area contributed by atoms with E-state index in [2.05, 4.69) is 34.3 Å². The normalized spacial score (nSPS) is 22.7. The molecule has 0 amide bonds. The first-order chi connectivity index (χ1) is 10.2. The monoisotopic (exact) mass is 356 g/mol. The molecule has 118 valence electrons. The second-order valence-electron chi connectivity index (χ2n) is 5.68. The van der Waals surface area contributed by atoms with Gasteiger partial charge in [-0.3, -0.25) is 11.3 Å². The van der Waals surface area contributed by atoms with Gasteiger partial charge >= 0.3 is 0 Å². The minimum absolute atomic E-state index is 0.279. The first kappa shape index (κ1) is 16.7. The zero-order valence-corrected chi connectivity index (χ0v) is 14.4. The van der Waals surface area contributed by atoms with E-state index < -0.39 is 0 Å². The molecule has 5 heteroatoms. The van der Waals surface area contributed by atoms with Crippen LogP contribution in [0.4, 0.5) is 0 Å². The second-order valence-corrected chi connectivity index (χ2v) is 6.53. The predicted octanol–water partition coefficient (Wildman–Crippen LogP) is 3.04. The first-order valence-corrected chi connectivity index (χ1v) is 8.35. The summed E-state index contributed by atoms with van der Waals surface area (Å²) in [6.45, 7) is 2.87. The Morgan fingerprint density at radius 2 is 2.19 bits per heavy atom. The van der Waals surface area contributed by atoms with Gasteiger partial charge in [-0.15, -0.1) is 0 Å². The van der Waals surface area contributed by atoms with Gasteiger partial charge in [0, 0.05) is 17.1 Å². The number of hydrogen-bond donors (Lipinski definition) is 2. The van der Waals surface area contributed by atoms with Crippen molar-refractivity contribution < 1.29 is 9.47 Å². The molecule has 1 atom stereocenters. The highest BCUT2D eigenvalue weighted by molar-refractivity contribution is 9.10. The van der Waals surface area contributed by atoms with Crippen LogP contribution in [0, 0.1) is 5.92 Å². The van der Waals surface area contributed by atoms with Gasteiger partial charge in [0.1, 0.15) is 5.75 Å². The highest BCUT2D eigenvalue weighted by Gasteiger charge is 2.31. The molecule has 1 aliphatic carbocycles. The fraction of sp³-hybridized carbons (Fsp3) is 0.625. The van der Waals surface area contributed by atoms with E-state index in [0.717, 1.165) is 42.5 Å². The van der Waals surface area contributed by atoms with Gasteiger partial charge in [0.2, 0.25) is 0 Å². The van der Waals surface area contributed by atoms with E-state index in [1.807, 2.05) is 12.1 Å². The summed E-state index contributed by atoms with van der Waals surface area (Å²) in [6.07, 6.45) is 4.76. The molecule has 0 bridgehead atoms. The van der Waals surface area contributed by atoms with Crippen LogP contribution in [0.25, 0.3) is 0 Å². The molecule has 0 saturated heterocycles. The van der Waals surface area contributed by atoms with Gasteiger partial charge in [-0.05, 0) is 62.3 Å². The molecule has 0 aliphatic heterocycles. The lowest BCUT2D eigenvalue weighted by atomic mass is 9.77. The van der Waals surface area contributed by atoms with Gasteiger partial charge in [-0.2, -0.15) is 0 Å². The fourth-order valence-electron chi connectivity index (χ4n) is 2.95. The van der Waals surface area contributed by atoms with Crippen molar-refractivity contribution in [1.29, 1.82) is 0 Å². The van der Waals surface area contributed by atoms with Crippen LogP contribution in [0.2, 0.25) is 0 Å². The van der Waals surface area contributed by atoms with Gasteiger partial charge in [0.15, 0.2) is 0 Å². The number of benzene rings is 1. The molecule has 0 spiro atoms. The molecule has 0 heterocycles. The predicted molar refractivity (Wildman–Crippen MR) is 88.3 cm³/mol. The smallest absolute Gasteiger partial charge is 0.119 e. The van der Waals surface area contributed by atoms with Gasteiger partial charge in [-0.25, -0.2) is 0 Å². The zero-order valence-electron chi connectivity index (χ0n) is 12.8. The summed E-state index contributed by atoms with van der Waals surface area (Å²) in [5.41, 5.74) is 4.18. The summed E-state index contributed by atoms with van der Waals surface area (Å²) in [4.78, 5) is 0. The Balaban J connectivity index is 1.88. The van der Waals surface area contributed by atoms with E-state index in [0.29, 0.717) is 12.0 Å². The Hall–Kier alpha value is -0.620. The molecule has 1 saturated carbocycles. The number of halogens is 1. The summed E-state index contributed by atoms with van der Waals surface area (Å²) in [6, 6.07) is 6.33. The second kappa shape index (κ2) is 8.13. The molecular formula is C16H25BrN2O2. The van der Waals surface area contributed by atoms with Gasteiger partial charge in [0.25, 0.3) is 0 Å². The molecule has 1 aromatic rings. The number of nitrogens with one attached hydrogen (secondary N) is 1. The summed E-state index contributed by atoms with van der Waals surface area (Å²) in [5, 5.41) is 0. The zero-order chi connectivity index (χ0) is 15.2. The van der Waals surface area contributed by atoms with Crippen LogP contribution in [0.15, 0.2) is 22.7 Å². The Morgan fingerprint density at radius 3 is 2.81 bits per heavy atom. The number of methoxy groups -OCH3 is 1. The topological polar surface area (TPSA) is 56.5 Å². The van der Waals surface area contributed by atoms with Crippen molar-refractivity contribution >= 4 is 15.9 Å². The van der Waals surface area contributed by atoms with Crippen molar-refractivity contribution in [3.05, 3.63) is 28.2 Å². The molecule has 0 radical (unpaired) electrons. The fourth-order valence-corrected chi connectivity index (χ4v) is 3.36. The first-order valence-electron chi connectivity index (χ1n) is 7.56. The minimum Gasteiger partial charge on any atom is -0.497 e. The molecule has 1 unspecified atom stereocenters. The molecule has 1 aliphatic rings. The maximum absolute atomic E-state index is 5.73. The molecule has 21 heavy (non-hydrogen) atoms. The van der Waals surface area contributed by atoms with Crippen LogP contribution in [-0.2, 0) is 11.2 Å². The molecule has 2 rings (SSSR count). The molecular weight excluding hydrogens is 332 g/mol. The molecule has 4 nitrogen and oxygen atoms in total. The summed E-state index contributed by atoms with van der Waals surface area (Å²) in [5.74, 6) is 7.33. The van der Waals surface area contributed by atoms with E-state index in [4.69, 9.17) is 15.3 Å². The van der Waals surface area contributed by atoms with Crippen LogP contribution >= 0.6 is 15.9 Å². The average Bonchev–Trinajstić information content (AvgIpc) is 2.46. The third-order valence-corrected chi connectivity index (χ3v) is 4.94. The van der Waals surface area contributed by atoms with Crippen LogP contribution < -0.4 is 16.0 Å². The van der Waals surface area contributed by atoms with Crippen LogP contribution in [-0.4, -0.2) is 25.9 Å². The van der Waals surface area contributed by atoms with E-state index >= 15 is 0 Å². The number of hydrazine groups is 1. The van der Waals surface area contributed by atoms with E-state index in [-0.39, 0.29) is 6.04 Å². The number of ether oxygens (including phenoxy) is 2. The van der Waals surface area contributed by atoms with E-state index in [1.54, 1.807) is 7.11 Å². The average molecular weight is 357 g/mol. The van der Waals surface area contributed by atoms with Crippen molar-refractivity contribution in [2.45, 2.75) is 44.8 Å². The van der Waals surface area contributed by atoms with Crippen LogP contribution in [0.3, 0.4) is 0 Å². The van der Waals surface area contributed by atoms with Gasteiger partial charge in [0.05, 0.1) is 13.2 Å². The maximum Gasteiger partial charge on any atom is 0.119 e. The molecule has 3 N–H and O–H groups in total.